The highest BCUT2D eigenvalue weighted by molar-refractivity contribution is 7.16. The Bertz CT molecular complexity index is 762. The van der Waals surface area contributed by atoms with Crippen LogP contribution in [0.2, 0.25) is 0 Å². The molecule has 0 saturated heterocycles. The van der Waals surface area contributed by atoms with Crippen LogP contribution < -0.4 is 16.8 Å². The predicted molar refractivity (Wildman–Crippen MR) is 75.0 cm³/mol. The van der Waals surface area contributed by atoms with E-state index in [2.05, 4.69) is 15.4 Å². The average Bonchev–Trinajstić information content (AvgIpc) is 2.92. The molecule has 0 bridgehead atoms. The van der Waals surface area contributed by atoms with Crippen LogP contribution in [0.25, 0.3) is 10.2 Å². The summed E-state index contributed by atoms with van der Waals surface area (Å²) >= 11 is 1.46. The molecular weight excluding hydrogens is 262 g/mol. The third-order valence-corrected chi connectivity index (χ3v) is 3.60. The lowest BCUT2D eigenvalue weighted by Crippen LogP contribution is -2.20. The lowest BCUT2D eigenvalue weighted by molar-refractivity contribution is 0.746. The van der Waals surface area contributed by atoms with Crippen molar-refractivity contribution in [3.63, 3.8) is 0 Å². The first-order chi connectivity index (χ1) is 9.28. The monoisotopic (exact) mass is 273 g/mol. The number of nitrogen functional groups attached to an aromatic ring is 1. The molecule has 3 rings (SSSR count). The van der Waals surface area contributed by atoms with Crippen LogP contribution in [0.15, 0.2) is 40.9 Å². The van der Waals surface area contributed by atoms with Crippen LogP contribution in [0.4, 0.5) is 5.82 Å². The molecule has 0 aliphatic heterocycles. The van der Waals surface area contributed by atoms with E-state index in [1.54, 1.807) is 29.2 Å². The molecule has 0 aliphatic rings. The largest absolute Gasteiger partial charge is 0.308 e. The summed E-state index contributed by atoms with van der Waals surface area (Å²) in [5, 5.41) is 2.52. The van der Waals surface area contributed by atoms with Gasteiger partial charge in [0.1, 0.15) is 10.6 Å². The van der Waals surface area contributed by atoms with Gasteiger partial charge in [0, 0.05) is 6.20 Å². The number of aromatic nitrogens is 3. The van der Waals surface area contributed by atoms with Crippen LogP contribution in [-0.4, -0.2) is 14.5 Å². The summed E-state index contributed by atoms with van der Waals surface area (Å²) in [7, 11) is 0. The maximum atomic E-state index is 12.2. The molecule has 0 aromatic carbocycles. The molecule has 7 heteroatoms. The van der Waals surface area contributed by atoms with Crippen molar-refractivity contribution in [3.8, 4) is 0 Å². The topological polar surface area (TPSA) is 85.8 Å². The van der Waals surface area contributed by atoms with E-state index in [9.17, 15) is 4.79 Å². The number of nitrogens with one attached hydrogen (secondary N) is 1. The summed E-state index contributed by atoms with van der Waals surface area (Å²) in [5.41, 5.74) is 3.34. The van der Waals surface area contributed by atoms with Gasteiger partial charge in [-0.05, 0) is 23.1 Å². The first kappa shape index (κ1) is 11.8. The van der Waals surface area contributed by atoms with Crippen molar-refractivity contribution in [2.24, 2.45) is 5.84 Å². The van der Waals surface area contributed by atoms with Gasteiger partial charge in [-0.15, -0.1) is 11.3 Å². The number of nitrogens with zero attached hydrogens (tertiary/aromatic N) is 3. The van der Waals surface area contributed by atoms with Gasteiger partial charge in [-0.25, -0.2) is 15.8 Å². The molecule has 96 valence electrons. The molecule has 0 aliphatic carbocycles. The standard InChI is InChI=1S/C12H11N5OS/c13-16-10-2-1-8(5-14-10)6-17-7-15-11-9(12(17)18)3-4-19-11/h1-5,7H,6,13H2,(H,14,16). The van der Waals surface area contributed by atoms with Crippen LogP contribution in [0.3, 0.4) is 0 Å². The van der Waals surface area contributed by atoms with Crippen LogP contribution in [0.1, 0.15) is 5.56 Å². The Kier molecular flexibility index (Phi) is 2.98. The SMILES string of the molecule is NNc1ccc(Cn2cnc3sccc3c2=O)cn1. The van der Waals surface area contributed by atoms with Gasteiger partial charge < -0.3 is 5.43 Å². The van der Waals surface area contributed by atoms with E-state index in [0.717, 1.165) is 10.4 Å². The number of thiophene rings is 1. The van der Waals surface area contributed by atoms with Crippen LogP contribution in [-0.2, 0) is 6.54 Å². The minimum Gasteiger partial charge on any atom is -0.308 e. The molecule has 0 amide bonds. The fraction of sp³-hybridized carbons (Fsp3) is 0.0833. The van der Waals surface area contributed by atoms with E-state index in [4.69, 9.17) is 5.84 Å². The Morgan fingerprint density at radius 3 is 2.95 bits per heavy atom. The van der Waals surface area contributed by atoms with E-state index >= 15 is 0 Å². The molecule has 0 saturated carbocycles. The smallest absolute Gasteiger partial charge is 0.262 e. The zero-order valence-corrected chi connectivity index (χ0v) is 10.7. The van der Waals surface area contributed by atoms with Gasteiger partial charge >= 0.3 is 0 Å². The van der Waals surface area contributed by atoms with E-state index < -0.39 is 0 Å². The summed E-state index contributed by atoms with van der Waals surface area (Å²) < 4.78 is 1.57. The van der Waals surface area contributed by atoms with Crippen LogP contribution in [0, 0.1) is 0 Å². The molecule has 0 radical (unpaired) electrons. The van der Waals surface area contributed by atoms with Crippen molar-refractivity contribution in [1.29, 1.82) is 0 Å². The second-order valence-electron chi connectivity index (χ2n) is 4.01. The zero-order chi connectivity index (χ0) is 13.2. The number of hydrogen-bond acceptors (Lipinski definition) is 6. The van der Waals surface area contributed by atoms with E-state index in [-0.39, 0.29) is 5.56 Å². The molecule has 0 unspecified atom stereocenters. The maximum Gasteiger partial charge on any atom is 0.262 e. The average molecular weight is 273 g/mol. The van der Waals surface area contributed by atoms with Crippen LogP contribution >= 0.6 is 11.3 Å². The van der Waals surface area contributed by atoms with Crippen molar-refractivity contribution in [1.82, 2.24) is 14.5 Å². The Hall–Kier alpha value is -2.25. The van der Waals surface area contributed by atoms with Gasteiger partial charge in [-0.2, -0.15) is 0 Å². The predicted octanol–water partition coefficient (Wildman–Crippen LogP) is 1.19. The third-order valence-electron chi connectivity index (χ3n) is 2.78. The molecule has 3 heterocycles. The number of hydrogen-bond donors (Lipinski definition) is 2. The van der Waals surface area contributed by atoms with Gasteiger partial charge in [0.15, 0.2) is 0 Å². The first-order valence-electron chi connectivity index (χ1n) is 5.62. The lowest BCUT2D eigenvalue weighted by atomic mass is 10.3. The first-order valence-corrected chi connectivity index (χ1v) is 6.50. The third kappa shape index (κ3) is 2.20. The molecule has 3 aromatic heterocycles. The number of anilines is 1. The second kappa shape index (κ2) is 4.79. The van der Waals surface area contributed by atoms with Crippen molar-refractivity contribution in [3.05, 3.63) is 52.0 Å². The van der Waals surface area contributed by atoms with Crippen molar-refractivity contribution in [2.75, 3.05) is 5.43 Å². The fourth-order valence-corrected chi connectivity index (χ4v) is 2.53. The van der Waals surface area contributed by atoms with Crippen molar-refractivity contribution >= 4 is 27.4 Å². The quantitative estimate of drug-likeness (QED) is 0.553. The molecule has 3 N–H and O–H groups in total. The normalized spacial score (nSPS) is 10.8. The van der Waals surface area contributed by atoms with Gasteiger partial charge in [-0.3, -0.25) is 9.36 Å². The minimum absolute atomic E-state index is 0.0349. The highest BCUT2D eigenvalue weighted by Gasteiger charge is 2.05. The van der Waals surface area contributed by atoms with Crippen LogP contribution in [0.5, 0.6) is 0 Å². The maximum absolute atomic E-state index is 12.2. The summed E-state index contributed by atoms with van der Waals surface area (Å²) in [6.45, 7) is 0.440. The zero-order valence-electron chi connectivity index (χ0n) is 9.91. The molecule has 6 nitrogen and oxygen atoms in total. The van der Waals surface area contributed by atoms with E-state index in [1.807, 2.05) is 11.4 Å². The Morgan fingerprint density at radius 2 is 2.21 bits per heavy atom. The van der Waals surface area contributed by atoms with E-state index in [0.29, 0.717) is 17.7 Å². The highest BCUT2D eigenvalue weighted by atomic mass is 32.1. The molecule has 3 aromatic rings. The Balaban J connectivity index is 1.95. The molecule has 0 atom stereocenters. The van der Waals surface area contributed by atoms with E-state index in [1.165, 1.54) is 11.3 Å². The number of pyridine rings is 1. The van der Waals surface area contributed by atoms with Gasteiger partial charge in [-0.1, -0.05) is 6.07 Å². The minimum atomic E-state index is -0.0349. The second-order valence-corrected chi connectivity index (χ2v) is 4.91. The van der Waals surface area contributed by atoms with Crippen molar-refractivity contribution in [2.45, 2.75) is 6.54 Å². The lowest BCUT2D eigenvalue weighted by Gasteiger charge is -2.05. The molecular formula is C12H11N5OS. The molecule has 0 fully saturated rings. The molecule has 19 heavy (non-hydrogen) atoms. The number of hydrazine groups is 1. The van der Waals surface area contributed by atoms with Crippen molar-refractivity contribution < 1.29 is 0 Å². The number of rotatable bonds is 3. The van der Waals surface area contributed by atoms with Gasteiger partial charge in [0.2, 0.25) is 0 Å². The van der Waals surface area contributed by atoms with Gasteiger partial charge in [0.25, 0.3) is 5.56 Å². The summed E-state index contributed by atoms with van der Waals surface area (Å²) in [6, 6.07) is 5.43. The Labute approximate surface area is 112 Å². The molecule has 0 spiro atoms. The fourth-order valence-electron chi connectivity index (χ4n) is 1.81. The number of nitrogens with two attached hydrogens (primary N) is 1. The summed E-state index contributed by atoms with van der Waals surface area (Å²) in [6.07, 6.45) is 3.25. The summed E-state index contributed by atoms with van der Waals surface area (Å²) in [5.74, 6) is 5.84. The Morgan fingerprint density at radius 1 is 1.32 bits per heavy atom. The summed E-state index contributed by atoms with van der Waals surface area (Å²) in [4.78, 5) is 21.3. The highest BCUT2D eigenvalue weighted by Crippen LogP contribution is 2.13. The van der Waals surface area contributed by atoms with Gasteiger partial charge in [0.05, 0.1) is 18.3 Å². The number of fused-ring (bicyclic) bond motifs is 1.